The lowest BCUT2D eigenvalue weighted by molar-refractivity contribution is -0.137. The van der Waals surface area contributed by atoms with Crippen LogP contribution in [-0.2, 0) is 28.0 Å². The molecule has 4 aromatic carbocycles. The number of hydrogen-bond acceptors (Lipinski definition) is 4. The Morgan fingerprint density at radius 2 is 1.68 bits per heavy atom. The van der Waals surface area contributed by atoms with Gasteiger partial charge in [-0.3, -0.25) is 9.59 Å². The van der Waals surface area contributed by atoms with Gasteiger partial charge in [-0.05, 0) is 72.4 Å². The number of carboxylic acids is 1. The van der Waals surface area contributed by atoms with Crippen molar-refractivity contribution in [1.29, 1.82) is 0 Å². The van der Waals surface area contributed by atoms with Crippen molar-refractivity contribution in [1.82, 2.24) is 0 Å². The summed E-state index contributed by atoms with van der Waals surface area (Å²) < 4.78 is 0.869. The van der Waals surface area contributed by atoms with Crippen LogP contribution in [0.25, 0.3) is 11.3 Å². The Bertz CT molecular complexity index is 1600. The first-order valence-electron chi connectivity index (χ1n) is 13.1. The minimum Gasteiger partial charge on any atom is -0.481 e. The molecule has 0 bridgehead atoms. The fourth-order valence-electron chi connectivity index (χ4n) is 5.01. The number of aliphatic carboxylic acids is 1. The predicted octanol–water partition coefficient (Wildman–Crippen LogP) is 6.82. The van der Waals surface area contributed by atoms with Crippen LogP contribution in [0.3, 0.4) is 0 Å². The lowest BCUT2D eigenvalue weighted by Crippen LogP contribution is -2.35. The Kier molecular flexibility index (Phi) is 7.87. The zero-order chi connectivity index (χ0) is 28.3. The third-order valence-corrected chi connectivity index (χ3v) is 7.54. The number of nitrogens with one attached hydrogen (secondary N) is 2. The number of carbonyl (C=O) groups excluding carboxylic acids is 1. The number of amides is 1. The quantitative estimate of drug-likeness (QED) is 0.159. The highest BCUT2D eigenvalue weighted by molar-refractivity contribution is 9.10. The van der Waals surface area contributed by atoms with Gasteiger partial charge in [-0.25, -0.2) is 0 Å². The van der Waals surface area contributed by atoms with Crippen molar-refractivity contribution in [3.63, 3.8) is 0 Å². The topological polar surface area (TPSA) is 104 Å². The maximum atomic E-state index is 13.3. The van der Waals surface area contributed by atoms with Crippen molar-refractivity contribution in [2.24, 2.45) is 5.73 Å². The average Bonchev–Trinajstić information content (AvgIpc) is 3.25. The van der Waals surface area contributed by atoms with Gasteiger partial charge in [-0.2, -0.15) is 0 Å². The molecule has 202 valence electrons. The monoisotopic (exact) mass is 595 g/mol. The van der Waals surface area contributed by atoms with Crippen molar-refractivity contribution >= 4 is 50.5 Å². The van der Waals surface area contributed by atoms with Gasteiger partial charge >= 0.3 is 5.97 Å². The molecule has 1 aliphatic heterocycles. The first-order valence-corrected chi connectivity index (χ1v) is 13.9. The molecule has 1 amide bonds. The number of hydrogen-bond donors (Lipinski definition) is 4. The average molecular weight is 597 g/mol. The van der Waals surface area contributed by atoms with E-state index < -0.39 is 11.5 Å². The number of carbonyl (C=O) groups is 2. The highest BCUT2D eigenvalue weighted by atomic mass is 79.9. The molecule has 6 nitrogen and oxygen atoms in total. The van der Waals surface area contributed by atoms with E-state index in [0.29, 0.717) is 24.1 Å². The second kappa shape index (κ2) is 11.5. The molecule has 5 rings (SSSR count). The molecule has 7 heteroatoms. The van der Waals surface area contributed by atoms with E-state index in [4.69, 9.17) is 10.8 Å². The molecule has 5 N–H and O–H groups in total. The summed E-state index contributed by atoms with van der Waals surface area (Å²) in [6.07, 6.45) is 1.13. The van der Waals surface area contributed by atoms with E-state index >= 15 is 0 Å². The SMILES string of the molecule is CC(N)(Cc1ccccc1)c1ccc(N/C(=C2\C(=O)Nc3cc(Br)ccc32)c2cccc(CCC(=O)O)c2)cc1. The fraction of sp³-hybridized carbons (Fsp3) is 0.152. The maximum Gasteiger partial charge on any atom is 0.303 e. The first-order chi connectivity index (χ1) is 19.2. The number of aryl methyl sites for hydroxylation is 1. The van der Waals surface area contributed by atoms with Crippen LogP contribution in [0, 0.1) is 0 Å². The maximum absolute atomic E-state index is 13.3. The molecule has 1 unspecified atom stereocenters. The molecule has 1 atom stereocenters. The lowest BCUT2D eigenvalue weighted by atomic mass is 9.86. The Morgan fingerprint density at radius 3 is 2.40 bits per heavy atom. The molecule has 1 heterocycles. The Morgan fingerprint density at radius 1 is 0.950 bits per heavy atom. The molecule has 0 radical (unpaired) electrons. The van der Waals surface area contributed by atoms with E-state index in [-0.39, 0.29) is 12.3 Å². The van der Waals surface area contributed by atoms with Crippen LogP contribution >= 0.6 is 15.9 Å². The molecule has 1 aliphatic rings. The summed E-state index contributed by atoms with van der Waals surface area (Å²) in [4.78, 5) is 24.5. The van der Waals surface area contributed by atoms with Crippen molar-refractivity contribution < 1.29 is 14.7 Å². The van der Waals surface area contributed by atoms with Gasteiger partial charge in [0.1, 0.15) is 0 Å². The summed E-state index contributed by atoms with van der Waals surface area (Å²) in [5.41, 5.74) is 13.5. The van der Waals surface area contributed by atoms with E-state index in [1.807, 2.05) is 91.9 Å². The van der Waals surface area contributed by atoms with Gasteiger partial charge in [0, 0.05) is 27.7 Å². The number of anilines is 2. The number of benzene rings is 4. The first kappa shape index (κ1) is 27.4. The normalized spacial score (nSPS) is 15.1. The van der Waals surface area contributed by atoms with Gasteiger partial charge < -0.3 is 21.5 Å². The van der Waals surface area contributed by atoms with Crippen LogP contribution < -0.4 is 16.4 Å². The Balaban J connectivity index is 1.51. The molecular weight excluding hydrogens is 566 g/mol. The van der Waals surface area contributed by atoms with Crippen molar-refractivity contribution in [2.45, 2.75) is 31.7 Å². The summed E-state index contributed by atoms with van der Waals surface area (Å²) in [6.45, 7) is 2.02. The minimum absolute atomic E-state index is 0.0302. The minimum atomic E-state index is -0.851. The van der Waals surface area contributed by atoms with Gasteiger partial charge in [0.15, 0.2) is 0 Å². The molecule has 0 spiro atoms. The highest BCUT2D eigenvalue weighted by Crippen LogP contribution is 2.39. The molecule has 0 saturated heterocycles. The third kappa shape index (κ3) is 6.17. The largest absolute Gasteiger partial charge is 0.481 e. The molecule has 0 fully saturated rings. The standard InChI is InChI=1S/C33H30BrN3O3/c1-33(35,20-22-6-3-2-4-7-22)24-11-14-26(15-12-24)36-31(23-9-5-8-21(18-23)10-17-29(38)39)30-27-16-13-25(34)19-28(27)37-32(30)40/h2-9,11-16,18-19,36H,10,17,20,35H2,1H3,(H,37,40)(H,38,39)/b31-30-. The van der Waals surface area contributed by atoms with Crippen LogP contribution in [0.2, 0.25) is 0 Å². The van der Waals surface area contributed by atoms with Crippen LogP contribution in [0.15, 0.2) is 102 Å². The van der Waals surface area contributed by atoms with Crippen LogP contribution in [0.4, 0.5) is 11.4 Å². The summed E-state index contributed by atoms with van der Waals surface area (Å²) in [6, 6.07) is 31.5. The molecular formula is C33H30BrN3O3. The van der Waals surface area contributed by atoms with E-state index in [9.17, 15) is 9.59 Å². The van der Waals surface area contributed by atoms with Crippen molar-refractivity contribution in [2.75, 3.05) is 10.6 Å². The number of carboxylic acid groups (broad SMARTS) is 1. The molecule has 0 aliphatic carbocycles. The zero-order valence-electron chi connectivity index (χ0n) is 22.1. The fourth-order valence-corrected chi connectivity index (χ4v) is 5.37. The second-order valence-electron chi connectivity index (χ2n) is 10.3. The Hall–Kier alpha value is -4.20. The third-order valence-electron chi connectivity index (χ3n) is 7.05. The van der Waals surface area contributed by atoms with E-state index in [2.05, 4.69) is 38.7 Å². The van der Waals surface area contributed by atoms with Crippen molar-refractivity contribution in [3.05, 3.63) is 129 Å². The number of halogens is 1. The van der Waals surface area contributed by atoms with E-state index in [1.54, 1.807) is 0 Å². The van der Waals surface area contributed by atoms with Gasteiger partial charge in [-0.15, -0.1) is 0 Å². The van der Waals surface area contributed by atoms with E-state index in [0.717, 1.165) is 38.1 Å². The Labute approximate surface area is 242 Å². The smallest absolute Gasteiger partial charge is 0.303 e. The summed E-state index contributed by atoms with van der Waals surface area (Å²) in [7, 11) is 0. The predicted molar refractivity (Wildman–Crippen MR) is 164 cm³/mol. The number of nitrogens with two attached hydrogens (primary N) is 1. The van der Waals surface area contributed by atoms with Crippen LogP contribution in [-0.4, -0.2) is 17.0 Å². The molecule has 0 aromatic heterocycles. The number of fused-ring (bicyclic) bond motifs is 1. The molecule has 40 heavy (non-hydrogen) atoms. The molecule has 4 aromatic rings. The number of rotatable bonds is 9. The molecule has 0 saturated carbocycles. The van der Waals surface area contributed by atoms with Gasteiger partial charge in [0.05, 0.1) is 17.0 Å². The second-order valence-corrected chi connectivity index (χ2v) is 11.2. The summed E-state index contributed by atoms with van der Waals surface area (Å²) in [5.74, 6) is -1.06. The summed E-state index contributed by atoms with van der Waals surface area (Å²) in [5, 5.41) is 15.6. The van der Waals surface area contributed by atoms with E-state index in [1.165, 1.54) is 5.56 Å². The van der Waals surface area contributed by atoms with Crippen LogP contribution in [0.1, 0.15) is 41.2 Å². The van der Waals surface area contributed by atoms with Gasteiger partial charge in [-0.1, -0.05) is 82.7 Å². The van der Waals surface area contributed by atoms with Crippen molar-refractivity contribution in [3.8, 4) is 0 Å². The highest BCUT2D eigenvalue weighted by Gasteiger charge is 2.29. The van der Waals surface area contributed by atoms with Crippen LogP contribution in [0.5, 0.6) is 0 Å². The van der Waals surface area contributed by atoms with Gasteiger partial charge in [0.25, 0.3) is 5.91 Å². The zero-order valence-corrected chi connectivity index (χ0v) is 23.7. The van der Waals surface area contributed by atoms with Gasteiger partial charge in [0.2, 0.25) is 0 Å². The summed E-state index contributed by atoms with van der Waals surface area (Å²) >= 11 is 3.48. The lowest BCUT2D eigenvalue weighted by Gasteiger charge is -2.26.